The lowest BCUT2D eigenvalue weighted by Gasteiger charge is -2.07. The third-order valence-corrected chi connectivity index (χ3v) is 4.59. The Bertz CT molecular complexity index is 927. The highest BCUT2D eigenvalue weighted by Gasteiger charge is 2.25. The molecule has 0 bridgehead atoms. The Kier molecular flexibility index (Phi) is 6.19. The number of thiophene rings is 1. The second kappa shape index (κ2) is 8.36. The molecular formula is C16H14FN3O6S. The van der Waals surface area contributed by atoms with Crippen LogP contribution in [0.3, 0.4) is 0 Å². The van der Waals surface area contributed by atoms with Crippen LogP contribution in [0.1, 0.15) is 33.2 Å². The van der Waals surface area contributed by atoms with Crippen LogP contribution in [-0.4, -0.2) is 29.8 Å². The Morgan fingerprint density at radius 3 is 2.67 bits per heavy atom. The van der Waals surface area contributed by atoms with Gasteiger partial charge in [-0.1, -0.05) is 11.3 Å². The predicted molar refractivity (Wildman–Crippen MR) is 95.7 cm³/mol. The molecule has 0 radical (unpaired) electrons. The molecular weight excluding hydrogens is 381 g/mol. The number of rotatable bonds is 7. The fraction of sp³-hybridized carbons (Fsp3) is 0.188. The first-order valence-corrected chi connectivity index (χ1v) is 8.37. The molecule has 0 saturated carbocycles. The van der Waals surface area contributed by atoms with Gasteiger partial charge in [-0.15, -0.1) is 0 Å². The Labute approximate surface area is 156 Å². The van der Waals surface area contributed by atoms with Crippen LogP contribution in [0.15, 0.2) is 18.2 Å². The molecule has 1 aromatic heterocycles. The molecule has 9 nitrogen and oxygen atoms in total. The van der Waals surface area contributed by atoms with Crippen molar-refractivity contribution in [2.45, 2.75) is 13.8 Å². The van der Waals surface area contributed by atoms with Gasteiger partial charge in [0.25, 0.3) is 11.6 Å². The van der Waals surface area contributed by atoms with Gasteiger partial charge in [-0.05, 0) is 19.9 Å². The van der Waals surface area contributed by atoms with E-state index in [1.807, 2.05) is 0 Å². The van der Waals surface area contributed by atoms with Gasteiger partial charge in [-0.25, -0.2) is 9.18 Å². The van der Waals surface area contributed by atoms with E-state index in [4.69, 9.17) is 4.74 Å². The lowest BCUT2D eigenvalue weighted by molar-refractivity contribution is -0.384. The van der Waals surface area contributed by atoms with E-state index in [0.717, 1.165) is 29.5 Å². The minimum absolute atomic E-state index is 0.00499. The first-order valence-electron chi connectivity index (χ1n) is 7.56. The summed E-state index contributed by atoms with van der Waals surface area (Å²) in [5, 5.41) is 15.9. The Balaban J connectivity index is 2.44. The van der Waals surface area contributed by atoms with Gasteiger partial charge in [-0.3, -0.25) is 19.7 Å². The van der Waals surface area contributed by atoms with E-state index in [1.54, 1.807) is 6.92 Å². The summed E-state index contributed by atoms with van der Waals surface area (Å²) in [5.74, 6) is -2.68. The normalized spacial score (nSPS) is 10.2. The molecule has 11 heteroatoms. The van der Waals surface area contributed by atoms with Gasteiger partial charge >= 0.3 is 5.97 Å². The summed E-state index contributed by atoms with van der Waals surface area (Å²) in [6.45, 7) is 3.22. The summed E-state index contributed by atoms with van der Waals surface area (Å²) < 4.78 is 18.9. The van der Waals surface area contributed by atoms with Crippen LogP contribution in [0.5, 0.6) is 0 Å². The number of hydrogen-bond donors (Lipinski definition) is 2. The summed E-state index contributed by atoms with van der Waals surface area (Å²) in [6.07, 6.45) is 0.402. The van der Waals surface area contributed by atoms with Crippen LogP contribution in [0.4, 0.5) is 20.1 Å². The Morgan fingerprint density at radius 1 is 1.37 bits per heavy atom. The number of benzene rings is 1. The smallest absolute Gasteiger partial charge is 0.341 e. The van der Waals surface area contributed by atoms with Gasteiger partial charge in [0.2, 0.25) is 6.41 Å². The molecule has 0 aliphatic rings. The fourth-order valence-electron chi connectivity index (χ4n) is 2.21. The summed E-state index contributed by atoms with van der Waals surface area (Å²) in [4.78, 5) is 45.4. The minimum Gasteiger partial charge on any atom is -0.462 e. The number of anilines is 2. The largest absolute Gasteiger partial charge is 0.462 e. The molecule has 2 aromatic rings. The average molecular weight is 395 g/mol. The molecule has 1 aromatic carbocycles. The molecule has 27 heavy (non-hydrogen) atoms. The first-order chi connectivity index (χ1) is 12.8. The second-order valence-corrected chi connectivity index (χ2v) is 6.14. The molecule has 0 aliphatic carbocycles. The lowest BCUT2D eigenvalue weighted by atomic mass is 10.1. The van der Waals surface area contributed by atoms with E-state index >= 15 is 0 Å². The average Bonchev–Trinajstić information content (AvgIpc) is 2.91. The number of nitrogens with zero attached hydrogens (tertiary/aromatic N) is 1. The number of non-ortho nitro benzene ring substituents is 1. The third kappa shape index (κ3) is 4.26. The number of ether oxygens (including phenoxy) is 1. The molecule has 0 atom stereocenters. The minimum atomic E-state index is -0.986. The van der Waals surface area contributed by atoms with Crippen LogP contribution in [0.2, 0.25) is 0 Å². The molecule has 0 spiro atoms. The predicted octanol–water partition coefficient (Wildman–Crippen LogP) is 3.10. The number of carbonyl (C=O) groups excluding carboxylic acids is 3. The van der Waals surface area contributed by atoms with Crippen molar-refractivity contribution in [1.82, 2.24) is 0 Å². The van der Waals surface area contributed by atoms with E-state index in [0.29, 0.717) is 17.0 Å². The molecule has 0 fully saturated rings. The SMILES string of the molecule is CCOC(=O)c1c(NC(=O)c2cc([N+](=O)[O-])ccc2F)sc(NC=O)c1C. The van der Waals surface area contributed by atoms with Crippen molar-refractivity contribution in [2.24, 2.45) is 0 Å². The zero-order valence-corrected chi connectivity index (χ0v) is 15.0. The van der Waals surface area contributed by atoms with Gasteiger partial charge in [0.1, 0.15) is 15.8 Å². The molecule has 2 N–H and O–H groups in total. The van der Waals surface area contributed by atoms with Crippen molar-refractivity contribution in [1.29, 1.82) is 0 Å². The second-order valence-electron chi connectivity index (χ2n) is 5.12. The quantitative estimate of drug-likeness (QED) is 0.321. The maximum absolute atomic E-state index is 13.9. The number of carbonyl (C=O) groups is 3. The number of nitro benzene ring substituents is 1. The van der Waals surface area contributed by atoms with Crippen molar-refractivity contribution < 1.29 is 28.4 Å². The topological polar surface area (TPSA) is 128 Å². The van der Waals surface area contributed by atoms with Crippen LogP contribution >= 0.6 is 11.3 Å². The fourth-order valence-corrected chi connectivity index (χ4v) is 3.26. The highest BCUT2D eigenvalue weighted by molar-refractivity contribution is 7.21. The number of esters is 1. The highest BCUT2D eigenvalue weighted by atomic mass is 32.1. The molecule has 0 saturated heterocycles. The number of nitro groups is 1. The van der Waals surface area contributed by atoms with Gasteiger partial charge < -0.3 is 15.4 Å². The van der Waals surface area contributed by atoms with Crippen molar-refractivity contribution in [3.05, 3.63) is 50.8 Å². The summed E-state index contributed by atoms with van der Waals surface area (Å²) in [6, 6.07) is 2.52. The van der Waals surface area contributed by atoms with E-state index < -0.39 is 33.9 Å². The van der Waals surface area contributed by atoms with Crippen molar-refractivity contribution in [2.75, 3.05) is 17.2 Å². The van der Waals surface area contributed by atoms with Crippen LogP contribution in [0.25, 0.3) is 0 Å². The molecule has 0 aliphatic heterocycles. The van der Waals surface area contributed by atoms with Crippen LogP contribution in [-0.2, 0) is 9.53 Å². The first kappa shape index (κ1) is 20.0. The van der Waals surface area contributed by atoms with Crippen molar-refractivity contribution >= 4 is 45.3 Å². The molecule has 142 valence electrons. The number of halogens is 1. The standard InChI is InChI=1S/C16H14FN3O6S/c1-3-26-16(23)12-8(2)14(18-7-21)27-15(12)19-13(22)10-6-9(20(24)25)4-5-11(10)17/h4-7H,3H2,1-2H3,(H,18,21)(H,19,22). The number of hydrogen-bond acceptors (Lipinski definition) is 7. The van der Waals surface area contributed by atoms with Crippen LogP contribution in [0, 0.1) is 22.9 Å². The van der Waals surface area contributed by atoms with E-state index in [-0.39, 0.29) is 17.2 Å². The van der Waals surface area contributed by atoms with E-state index in [1.165, 1.54) is 6.92 Å². The van der Waals surface area contributed by atoms with Gasteiger partial charge in [0, 0.05) is 17.7 Å². The summed E-state index contributed by atoms with van der Waals surface area (Å²) >= 11 is 0.873. The third-order valence-electron chi connectivity index (χ3n) is 3.45. The summed E-state index contributed by atoms with van der Waals surface area (Å²) in [5.41, 5.74) is -0.654. The molecule has 0 unspecified atom stereocenters. The molecule has 2 rings (SSSR count). The maximum atomic E-state index is 13.9. The molecule has 2 amide bonds. The maximum Gasteiger partial charge on any atom is 0.341 e. The zero-order valence-electron chi connectivity index (χ0n) is 14.2. The van der Waals surface area contributed by atoms with Crippen molar-refractivity contribution in [3.8, 4) is 0 Å². The lowest BCUT2D eigenvalue weighted by Crippen LogP contribution is -2.16. The Morgan fingerprint density at radius 2 is 2.07 bits per heavy atom. The van der Waals surface area contributed by atoms with E-state index in [9.17, 15) is 28.9 Å². The summed E-state index contributed by atoms with van der Waals surface area (Å²) in [7, 11) is 0. The zero-order chi connectivity index (χ0) is 20.1. The monoisotopic (exact) mass is 395 g/mol. The van der Waals surface area contributed by atoms with Crippen molar-refractivity contribution in [3.63, 3.8) is 0 Å². The van der Waals surface area contributed by atoms with Gasteiger partial charge in [-0.2, -0.15) is 0 Å². The molecule has 1 heterocycles. The van der Waals surface area contributed by atoms with Crippen LogP contribution < -0.4 is 10.6 Å². The van der Waals surface area contributed by atoms with Gasteiger partial charge in [0.15, 0.2) is 0 Å². The number of amides is 2. The van der Waals surface area contributed by atoms with Gasteiger partial charge in [0.05, 0.1) is 22.7 Å². The number of nitrogens with one attached hydrogen (secondary N) is 2. The Hall–Kier alpha value is -3.34. The van der Waals surface area contributed by atoms with E-state index in [2.05, 4.69) is 10.6 Å². The highest BCUT2D eigenvalue weighted by Crippen LogP contribution is 2.38.